The van der Waals surface area contributed by atoms with E-state index in [0.717, 1.165) is 11.4 Å². The molecule has 4 heteroatoms. The van der Waals surface area contributed by atoms with E-state index in [4.69, 9.17) is 5.73 Å². The molecule has 0 bridgehead atoms. The number of hydrogen-bond acceptors (Lipinski definition) is 3. The van der Waals surface area contributed by atoms with Crippen LogP contribution >= 0.6 is 0 Å². The lowest BCUT2D eigenvalue weighted by molar-refractivity contribution is 0.691. The van der Waals surface area contributed by atoms with Crippen molar-refractivity contribution in [2.75, 3.05) is 0 Å². The third kappa shape index (κ3) is 1.97. The highest BCUT2D eigenvalue weighted by Crippen LogP contribution is 2.11. The van der Waals surface area contributed by atoms with Crippen LogP contribution in [-0.2, 0) is 6.42 Å². The molecular weight excluding hydrogens is 176 g/mol. The van der Waals surface area contributed by atoms with E-state index in [-0.39, 0.29) is 6.04 Å². The lowest BCUT2D eigenvalue weighted by atomic mass is 10.1. The molecule has 0 amide bonds. The summed E-state index contributed by atoms with van der Waals surface area (Å²) in [5.41, 5.74) is 7.02. The summed E-state index contributed by atoms with van der Waals surface area (Å²) in [5, 5.41) is 0. The van der Waals surface area contributed by atoms with Gasteiger partial charge in [-0.15, -0.1) is 0 Å². The van der Waals surface area contributed by atoms with Crippen LogP contribution in [0, 0.1) is 0 Å². The van der Waals surface area contributed by atoms with Gasteiger partial charge in [-0.1, -0.05) is 6.07 Å². The van der Waals surface area contributed by atoms with Crippen molar-refractivity contribution in [3.63, 3.8) is 0 Å². The van der Waals surface area contributed by atoms with E-state index in [1.165, 1.54) is 0 Å². The molecule has 72 valence electrons. The van der Waals surface area contributed by atoms with Gasteiger partial charge in [0.05, 0.1) is 0 Å². The third-order valence-electron chi connectivity index (χ3n) is 2.08. The van der Waals surface area contributed by atoms with Crippen LogP contribution in [0.4, 0.5) is 0 Å². The second-order valence-electron chi connectivity index (χ2n) is 3.13. The second-order valence-corrected chi connectivity index (χ2v) is 3.13. The van der Waals surface area contributed by atoms with Crippen LogP contribution in [-0.4, -0.2) is 15.0 Å². The Hall–Kier alpha value is -1.68. The molecule has 3 N–H and O–H groups in total. The fraction of sp³-hybridized carbons (Fsp3) is 0.200. The molecule has 2 rings (SSSR count). The van der Waals surface area contributed by atoms with Crippen molar-refractivity contribution >= 4 is 0 Å². The summed E-state index contributed by atoms with van der Waals surface area (Å²) in [5.74, 6) is 0.904. The zero-order valence-corrected chi connectivity index (χ0v) is 7.72. The summed E-state index contributed by atoms with van der Waals surface area (Å²) in [7, 11) is 0. The fourth-order valence-corrected chi connectivity index (χ4v) is 1.33. The minimum atomic E-state index is -0.0464. The number of nitrogens with one attached hydrogen (secondary N) is 1. The molecule has 0 radical (unpaired) electrons. The summed E-state index contributed by atoms with van der Waals surface area (Å²) < 4.78 is 0. The van der Waals surface area contributed by atoms with Gasteiger partial charge in [-0.2, -0.15) is 0 Å². The van der Waals surface area contributed by atoms with Gasteiger partial charge >= 0.3 is 0 Å². The van der Waals surface area contributed by atoms with Crippen molar-refractivity contribution in [1.29, 1.82) is 0 Å². The Morgan fingerprint density at radius 2 is 2.36 bits per heavy atom. The van der Waals surface area contributed by atoms with Crippen molar-refractivity contribution in [3.05, 3.63) is 48.3 Å². The molecule has 2 aromatic rings. The van der Waals surface area contributed by atoms with E-state index < -0.39 is 0 Å². The first-order chi connectivity index (χ1) is 6.86. The lowest BCUT2D eigenvalue weighted by Gasteiger charge is -2.08. The Labute approximate surface area is 82.2 Å². The molecule has 2 heterocycles. The van der Waals surface area contributed by atoms with Crippen LogP contribution in [0.25, 0.3) is 0 Å². The van der Waals surface area contributed by atoms with Crippen molar-refractivity contribution in [2.24, 2.45) is 5.73 Å². The van der Waals surface area contributed by atoms with Gasteiger partial charge in [0, 0.05) is 37.3 Å². The highest BCUT2D eigenvalue weighted by molar-refractivity contribution is 5.14. The maximum atomic E-state index is 5.99. The summed E-state index contributed by atoms with van der Waals surface area (Å²) in [6.45, 7) is 0. The maximum absolute atomic E-state index is 5.99. The number of aromatic nitrogens is 3. The molecule has 0 aliphatic heterocycles. The number of nitrogens with zero attached hydrogens (tertiary/aromatic N) is 2. The lowest BCUT2D eigenvalue weighted by Crippen LogP contribution is -2.14. The first-order valence-corrected chi connectivity index (χ1v) is 4.50. The van der Waals surface area contributed by atoms with Gasteiger partial charge in [0.15, 0.2) is 0 Å². The van der Waals surface area contributed by atoms with E-state index in [0.29, 0.717) is 6.42 Å². The van der Waals surface area contributed by atoms with E-state index in [1.54, 1.807) is 24.8 Å². The first-order valence-electron chi connectivity index (χ1n) is 4.50. The van der Waals surface area contributed by atoms with Crippen LogP contribution in [0.15, 0.2) is 36.9 Å². The molecule has 0 fully saturated rings. The SMILES string of the molecule is NC(Cc1ncc[nH]1)c1cccnc1. The molecular formula is C10H12N4. The van der Waals surface area contributed by atoms with Gasteiger partial charge in [0.2, 0.25) is 0 Å². The quantitative estimate of drug-likeness (QED) is 0.756. The van der Waals surface area contributed by atoms with Crippen LogP contribution in [0.5, 0.6) is 0 Å². The number of rotatable bonds is 3. The standard InChI is InChI=1S/C10H12N4/c11-9(6-10-13-4-5-14-10)8-2-1-3-12-7-8/h1-5,7,9H,6,11H2,(H,13,14). The Morgan fingerprint density at radius 1 is 1.43 bits per heavy atom. The average molecular weight is 188 g/mol. The van der Waals surface area contributed by atoms with Crippen molar-refractivity contribution in [1.82, 2.24) is 15.0 Å². The Kier molecular flexibility index (Phi) is 2.55. The summed E-state index contributed by atoms with van der Waals surface area (Å²) in [6.07, 6.45) is 7.76. The van der Waals surface area contributed by atoms with E-state index >= 15 is 0 Å². The molecule has 0 aliphatic carbocycles. The van der Waals surface area contributed by atoms with Crippen LogP contribution < -0.4 is 5.73 Å². The molecule has 0 aromatic carbocycles. The second kappa shape index (κ2) is 4.02. The smallest absolute Gasteiger partial charge is 0.107 e. The van der Waals surface area contributed by atoms with Crippen LogP contribution in [0.1, 0.15) is 17.4 Å². The normalized spacial score (nSPS) is 12.6. The van der Waals surface area contributed by atoms with E-state index in [2.05, 4.69) is 15.0 Å². The Bertz CT molecular complexity index is 368. The first kappa shape index (κ1) is 8.90. The molecule has 0 saturated heterocycles. The monoisotopic (exact) mass is 188 g/mol. The number of hydrogen-bond donors (Lipinski definition) is 2. The number of imidazole rings is 1. The number of H-pyrrole nitrogens is 1. The van der Waals surface area contributed by atoms with Gasteiger partial charge in [0.1, 0.15) is 5.82 Å². The predicted octanol–water partition coefficient (Wildman–Crippen LogP) is 1.05. The van der Waals surface area contributed by atoms with Gasteiger partial charge in [-0.05, 0) is 11.6 Å². The van der Waals surface area contributed by atoms with E-state index in [1.807, 2.05) is 12.1 Å². The fourth-order valence-electron chi connectivity index (χ4n) is 1.33. The summed E-state index contributed by atoms with van der Waals surface area (Å²) in [4.78, 5) is 11.2. The molecule has 0 spiro atoms. The Balaban J connectivity index is 2.07. The molecule has 1 unspecified atom stereocenters. The molecule has 0 saturated carbocycles. The van der Waals surface area contributed by atoms with E-state index in [9.17, 15) is 0 Å². The summed E-state index contributed by atoms with van der Waals surface area (Å²) >= 11 is 0. The highest BCUT2D eigenvalue weighted by Gasteiger charge is 2.07. The largest absolute Gasteiger partial charge is 0.349 e. The van der Waals surface area contributed by atoms with Gasteiger partial charge in [-0.3, -0.25) is 4.98 Å². The molecule has 0 aliphatic rings. The van der Waals surface area contributed by atoms with Crippen LogP contribution in [0.2, 0.25) is 0 Å². The van der Waals surface area contributed by atoms with Gasteiger partial charge < -0.3 is 10.7 Å². The predicted molar refractivity (Wildman–Crippen MR) is 53.5 cm³/mol. The van der Waals surface area contributed by atoms with Crippen molar-refractivity contribution < 1.29 is 0 Å². The average Bonchev–Trinajstić information content (AvgIpc) is 2.72. The number of pyridine rings is 1. The minimum absolute atomic E-state index is 0.0464. The van der Waals surface area contributed by atoms with Crippen molar-refractivity contribution in [3.8, 4) is 0 Å². The molecule has 2 aromatic heterocycles. The van der Waals surface area contributed by atoms with Gasteiger partial charge in [-0.25, -0.2) is 4.98 Å². The number of nitrogens with two attached hydrogens (primary N) is 1. The topological polar surface area (TPSA) is 67.6 Å². The zero-order valence-electron chi connectivity index (χ0n) is 7.72. The van der Waals surface area contributed by atoms with Crippen molar-refractivity contribution in [2.45, 2.75) is 12.5 Å². The molecule has 4 nitrogen and oxygen atoms in total. The van der Waals surface area contributed by atoms with Crippen LogP contribution in [0.3, 0.4) is 0 Å². The summed E-state index contributed by atoms with van der Waals surface area (Å²) in [6, 6.07) is 3.81. The maximum Gasteiger partial charge on any atom is 0.107 e. The highest BCUT2D eigenvalue weighted by atomic mass is 14.9. The molecule has 1 atom stereocenters. The third-order valence-corrected chi connectivity index (χ3v) is 2.08. The van der Waals surface area contributed by atoms with Gasteiger partial charge in [0.25, 0.3) is 0 Å². The molecule has 14 heavy (non-hydrogen) atoms. The minimum Gasteiger partial charge on any atom is -0.349 e. The number of aromatic amines is 1. The zero-order chi connectivity index (χ0) is 9.80. The Morgan fingerprint density at radius 3 is 3.00 bits per heavy atom.